The zero-order valence-corrected chi connectivity index (χ0v) is 19.4. The number of rotatable bonds is 5. The molecule has 3 aromatic rings. The number of imidazole rings is 1. The third kappa shape index (κ3) is 5.03. The molecule has 0 saturated carbocycles. The van der Waals surface area contributed by atoms with Crippen LogP contribution in [0.4, 0.5) is 21.1 Å². The highest BCUT2D eigenvalue weighted by Crippen LogP contribution is 2.60. The highest BCUT2D eigenvalue weighted by Gasteiger charge is 2.28. The predicted molar refractivity (Wildman–Crippen MR) is 127 cm³/mol. The van der Waals surface area contributed by atoms with Crippen LogP contribution >= 0.6 is 11.2 Å². The van der Waals surface area contributed by atoms with E-state index < -0.39 is 16.1 Å². The minimum Gasteiger partial charge on any atom is -0.493 e. The molecule has 35 heavy (non-hydrogen) atoms. The van der Waals surface area contributed by atoms with Crippen molar-refractivity contribution in [3.05, 3.63) is 65.0 Å². The number of piperidine rings is 1. The van der Waals surface area contributed by atoms with Crippen molar-refractivity contribution in [1.82, 2.24) is 19.9 Å². The van der Waals surface area contributed by atoms with Crippen LogP contribution in [0.25, 0.3) is 16.7 Å². The van der Waals surface area contributed by atoms with Gasteiger partial charge in [0.05, 0.1) is 17.5 Å². The summed E-state index contributed by atoms with van der Waals surface area (Å²) in [4.78, 5) is 26.2. The molecule has 1 amide bonds. The number of hydrogen-bond donors (Lipinski definition) is 1. The van der Waals surface area contributed by atoms with Crippen molar-refractivity contribution in [1.29, 1.82) is 0 Å². The van der Waals surface area contributed by atoms with E-state index in [0.717, 1.165) is 53.2 Å². The number of halogens is 5. The summed E-state index contributed by atoms with van der Waals surface area (Å²) in [5.74, 6) is 1.52. The molecule has 0 radical (unpaired) electrons. The molecule has 1 aromatic carbocycles. The molecule has 1 fully saturated rings. The van der Waals surface area contributed by atoms with Crippen molar-refractivity contribution in [3.8, 4) is 0 Å². The molecule has 1 N–H and O–H groups in total. The SMILES string of the molecule is COC1=C=C(c2nc3nccc(C4CCN(C(=O)c5ccc(S(F)(F)F)cc5)CC4)c3[nH]2)C1.F.F.[HH]. The van der Waals surface area contributed by atoms with Crippen molar-refractivity contribution in [2.24, 2.45) is 0 Å². The Morgan fingerprint density at radius 1 is 1.17 bits per heavy atom. The van der Waals surface area contributed by atoms with E-state index >= 15 is 0 Å². The number of hydrogen-bond acceptors (Lipinski definition) is 4. The Hall–Kier alpha value is -3.37. The van der Waals surface area contributed by atoms with Crippen LogP contribution in [-0.2, 0) is 4.74 Å². The number of benzene rings is 1. The number of nitrogens with one attached hydrogen (secondary N) is 1. The van der Waals surface area contributed by atoms with Crippen LogP contribution in [0.5, 0.6) is 0 Å². The molecule has 1 aliphatic heterocycles. The van der Waals surface area contributed by atoms with E-state index in [-0.39, 0.29) is 28.2 Å². The molecule has 190 valence electrons. The first kappa shape index (κ1) is 26.2. The van der Waals surface area contributed by atoms with Gasteiger partial charge in [0.25, 0.3) is 5.91 Å². The molecule has 2 aliphatic rings. The lowest BCUT2D eigenvalue weighted by atomic mass is 9.89. The van der Waals surface area contributed by atoms with Crippen LogP contribution < -0.4 is 0 Å². The monoisotopic (exact) mass is 516 g/mol. The Kier molecular flexibility index (Phi) is 7.56. The zero-order chi connectivity index (χ0) is 23.2. The van der Waals surface area contributed by atoms with Crippen LogP contribution in [0.3, 0.4) is 0 Å². The minimum absolute atomic E-state index is 0. The van der Waals surface area contributed by atoms with Crippen LogP contribution in [-0.4, -0.2) is 46.0 Å². The maximum absolute atomic E-state index is 12.9. The molecule has 1 aliphatic carbocycles. The summed E-state index contributed by atoms with van der Waals surface area (Å²) in [6.07, 6.45) is 3.92. The van der Waals surface area contributed by atoms with Crippen molar-refractivity contribution in [2.75, 3.05) is 20.2 Å². The number of fused-ring (bicyclic) bond motifs is 1. The highest BCUT2D eigenvalue weighted by atomic mass is 32.3. The Morgan fingerprint density at radius 2 is 1.83 bits per heavy atom. The van der Waals surface area contributed by atoms with Gasteiger partial charge in [-0.25, -0.2) is 9.97 Å². The Labute approximate surface area is 201 Å². The number of pyridine rings is 1. The molecule has 6 nitrogen and oxygen atoms in total. The number of ether oxygens (including phenoxy) is 1. The summed E-state index contributed by atoms with van der Waals surface area (Å²) in [7, 11) is 1.62. The van der Waals surface area contributed by atoms with E-state index in [4.69, 9.17) is 4.74 Å². The van der Waals surface area contributed by atoms with Gasteiger partial charge >= 0.3 is 0 Å². The number of carbonyl (C=O) groups is 1. The number of aromatic amines is 1. The smallest absolute Gasteiger partial charge is 0.253 e. The summed E-state index contributed by atoms with van der Waals surface area (Å²) in [5.41, 5.74) is 7.02. The first-order valence-electron chi connectivity index (χ1n) is 10.5. The highest BCUT2D eigenvalue weighted by molar-refractivity contribution is 8.20. The van der Waals surface area contributed by atoms with Gasteiger partial charge in [-0.15, -0.1) is 11.7 Å². The summed E-state index contributed by atoms with van der Waals surface area (Å²) in [5, 5.41) is 0. The average molecular weight is 517 g/mol. The normalized spacial score (nSPS) is 16.4. The van der Waals surface area contributed by atoms with Crippen molar-refractivity contribution in [3.63, 3.8) is 0 Å². The minimum atomic E-state index is -5.28. The second-order valence-electron chi connectivity index (χ2n) is 8.09. The zero-order valence-electron chi connectivity index (χ0n) is 18.6. The lowest BCUT2D eigenvalue weighted by molar-refractivity contribution is 0.0713. The topological polar surface area (TPSA) is 71.1 Å². The van der Waals surface area contributed by atoms with Gasteiger partial charge in [0.1, 0.15) is 11.6 Å². The molecular weight excluding hydrogens is 491 g/mol. The van der Waals surface area contributed by atoms with Crippen LogP contribution in [0.15, 0.2) is 52.9 Å². The fourth-order valence-corrected chi connectivity index (χ4v) is 4.76. The van der Waals surface area contributed by atoms with E-state index in [1.807, 2.05) is 6.07 Å². The Bertz CT molecular complexity index is 1300. The van der Waals surface area contributed by atoms with E-state index in [0.29, 0.717) is 25.2 Å². The van der Waals surface area contributed by atoms with Crippen molar-refractivity contribution < 1.29 is 32.0 Å². The summed E-state index contributed by atoms with van der Waals surface area (Å²) < 4.78 is 43.7. The second kappa shape index (κ2) is 10.1. The third-order valence-electron chi connectivity index (χ3n) is 6.17. The van der Waals surface area contributed by atoms with Gasteiger partial charge in [-0.3, -0.25) is 14.2 Å². The number of amides is 1. The number of carbonyl (C=O) groups excluding carboxylic acids is 1. The lowest BCUT2D eigenvalue weighted by Crippen LogP contribution is -2.38. The summed E-state index contributed by atoms with van der Waals surface area (Å²) >= 11 is -5.28. The molecule has 0 spiro atoms. The first-order valence-corrected chi connectivity index (χ1v) is 11.9. The van der Waals surface area contributed by atoms with E-state index in [9.17, 15) is 16.5 Å². The van der Waals surface area contributed by atoms with Gasteiger partial charge in [-0.05, 0) is 54.7 Å². The number of methoxy groups -OCH3 is 1. The van der Waals surface area contributed by atoms with Gasteiger partial charge in [0.2, 0.25) is 11.2 Å². The van der Waals surface area contributed by atoms with Crippen LogP contribution in [0.1, 0.15) is 48.4 Å². The lowest BCUT2D eigenvalue weighted by Gasteiger charge is -2.32. The largest absolute Gasteiger partial charge is 0.493 e. The maximum atomic E-state index is 12.9. The molecule has 5 rings (SSSR count). The van der Waals surface area contributed by atoms with Gasteiger partial charge in [0.15, 0.2) is 5.65 Å². The first-order chi connectivity index (χ1) is 15.8. The number of nitrogens with zero attached hydrogens (tertiary/aromatic N) is 3. The maximum Gasteiger partial charge on any atom is 0.253 e. The van der Waals surface area contributed by atoms with E-state index in [1.54, 1.807) is 18.2 Å². The Morgan fingerprint density at radius 3 is 2.43 bits per heavy atom. The average Bonchev–Trinajstić information content (AvgIpc) is 3.21. The number of aromatic nitrogens is 3. The predicted octanol–water partition coefficient (Wildman–Crippen LogP) is 6.26. The molecule has 2 aromatic heterocycles. The summed E-state index contributed by atoms with van der Waals surface area (Å²) in [6.45, 7) is 1.07. The molecule has 1 saturated heterocycles. The number of H-pyrrole nitrogens is 1. The molecular formula is C23H25F5N4O2S. The van der Waals surface area contributed by atoms with Crippen molar-refractivity contribution >= 4 is 33.8 Å². The van der Waals surface area contributed by atoms with Gasteiger partial charge in [-0.1, -0.05) is 5.73 Å². The second-order valence-corrected chi connectivity index (χ2v) is 9.37. The summed E-state index contributed by atoms with van der Waals surface area (Å²) in [6, 6.07) is 6.49. The van der Waals surface area contributed by atoms with Crippen LogP contribution in [0.2, 0.25) is 0 Å². The standard InChI is InChI=1S/C23H21F3N4O2S.2FH.H2/c1-32-17-12-16(13-17)21-28-20-19(6-9-27-22(20)29-21)14-7-10-30(11-8-14)23(31)15-2-4-18(5-3-15)33(24,25)26;;;/h2-6,9,14H,7-8,10-12H2,1H3,(H,27,28,29);3*1H. The Balaban J connectivity index is 0.00000152. The van der Waals surface area contributed by atoms with Gasteiger partial charge in [0, 0.05) is 38.3 Å². The molecule has 3 heterocycles. The van der Waals surface area contributed by atoms with Gasteiger partial charge < -0.3 is 14.6 Å². The molecule has 12 heteroatoms. The van der Waals surface area contributed by atoms with E-state index in [2.05, 4.69) is 20.7 Å². The molecule has 0 atom stereocenters. The van der Waals surface area contributed by atoms with Crippen molar-refractivity contribution in [2.45, 2.75) is 30.1 Å². The van der Waals surface area contributed by atoms with Crippen LogP contribution in [0, 0.1) is 0 Å². The quantitative estimate of drug-likeness (QED) is 0.321. The molecule has 0 unspecified atom stereocenters. The fourth-order valence-electron chi connectivity index (χ4n) is 4.32. The molecule has 0 bridgehead atoms. The van der Waals surface area contributed by atoms with E-state index in [1.165, 1.54) is 12.1 Å². The third-order valence-corrected chi connectivity index (χ3v) is 6.98. The van der Waals surface area contributed by atoms with Gasteiger partial charge in [-0.2, -0.15) is 0 Å². The number of likely N-dealkylation sites (tertiary alicyclic amines) is 1. The fraction of sp³-hybridized carbons (Fsp3) is 0.304.